The lowest BCUT2D eigenvalue weighted by atomic mass is 9.85. The first-order chi connectivity index (χ1) is 4.97. The fourth-order valence-electron chi connectivity index (χ4n) is 1.19. The van der Waals surface area contributed by atoms with Crippen molar-refractivity contribution in [1.29, 1.82) is 0 Å². The molecule has 1 rings (SSSR count). The van der Waals surface area contributed by atoms with Crippen molar-refractivity contribution >= 4 is 9.84 Å². The van der Waals surface area contributed by atoms with Gasteiger partial charge in [0, 0.05) is 6.61 Å². The molecular weight excluding hydrogens is 164 g/mol. The third-order valence-electron chi connectivity index (χ3n) is 2.41. The van der Waals surface area contributed by atoms with E-state index in [1.807, 2.05) is 6.92 Å². The van der Waals surface area contributed by atoms with Crippen LogP contribution in [-0.2, 0) is 9.84 Å². The zero-order chi connectivity index (χ0) is 8.54. The largest absolute Gasteiger partial charge is 0.396 e. The first-order valence-electron chi connectivity index (χ1n) is 3.79. The predicted molar refractivity (Wildman–Crippen MR) is 43.1 cm³/mol. The molecule has 66 valence electrons. The summed E-state index contributed by atoms with van der Waals surface area (Å²) in [5, 5.41) is 8.93. The highest BCUT2D eigenvalue weighted by Gasteiger charge is 2.32. The van der Waals surface area contributed by atoms with Crippen LogP contribution in [-0.4, -0.2) is 31.6 Å². The summed E-state index contributed by atoms with van der Waals surface area (Å²) in [7, 11) is -2.78. The maximum Gasteiger partial charge on any atom is 0.150 e. The number of rotatable bonds is 1. The van der Waals surface area contributed by atoms with Gasteiger partial charge in [-0.1, -0.05) is 6.92 Å². The fraction of sp³-hybridized carbons (Fsp3) is 1.00. The Morgan fingerprint density at radius 2 is 1.82 bits per heavy atom. The van der Waals surface area contributed by atoms with Crippen molar-refractivity contribution in [1.82, 2.24) is 0 Å². The second kappa shape index (κ2) is 2.75. The Hall–Kier alpha value is -0.0900. The molecule has 0 saturated carbocycles. The first kappa shape index (κ1) is 9.00. The second-order valence-electron chi connectivity index (χ2n) is 3.62. The van der Waals surface area contributed by atoms with Gasteiger partial charge in [-0.05, 0) is 18.3 Å². The van der Waals surface area contributed by atoms with Gasteiger partial charge in [-0.2, -0.15) is 0 Å². The van der Waals surface area contributed by atoms with Crippen LogP contribution in [0.2, 0.25) is 0 Å². The van der Waals surface area contributed by atoms with Gasteiger partial charge in [0.2, 0.25) is 0 Å². The summed E-state index contributed by atoms with van der Waals surface area (Å²) in [5.74, 6) is 0.480. The topological polar surface area (TPSA) is 54.4 Å². The fourth-order valence-corrected chi connectivity index (χ4v) is 3.00. The van der Waals surface area contributed by atoms with Crippen LogP contribution in [0.5, 0.6) is 0 Å². The number of sulfone groups is 1. The minimum Gasteiger partial charge on any atom is -0.396 e. The van der Waals surface area contributed by atoms with Crippen molar-refractivity contribution in [2.24, 2.45) is 5.41 Å². The Balaban J connectivity index is 2.62. The van der Waals surface area contributed by atoms with Gasteiger partial charge >= 0.3 is 0 Å². The molecule has 1 N–H and O–H groups in total. The van der Waals surface area contributed by atoms with E-state index in [0.717, 1.165) is 0 Å². The van der Waals surface area contributed by atoms with E-state index in [9.17, 15) is 8.42 Å². The minimum absolute atomic E-state index is 0.0997. The minimum atomic E-state index is -2.78. The van der Waals surface area contributed by atoms with Crippen LogP contribution >= 0.6 is 0 Å². The maximum atomic E-state index is 11.0. The average Bonchev–Trinajstić information content (AvgIpc) is 1.97. The third kappa shape index (κ3) is 2.17. The Kier molecular flexibility index (Phi) is 2.25. The molecule has 0 aromatic carbocycles. The molecule has 0 spiro atoms. The Labute approximate surface area is 67.3 Å². The van der Waals surface area contributed by atoms with Crippen molar-refractivity contribution in [2.75, 3.05) is 18.1 Å². The highest BCUT2D eigenvalue weighted by molar-refractivity contribution is 7.91. The van der Waals surface area contributed by atoms with Crippen molar-refractivity contribution in [2.45, 2.75) is 19.8 Å². The summed E-state index contributed by atoms with van der Waals surface area (Å²) < 4.78 is 21.9. The summed E-state index contributed by atoms with van der Waals surface area (Å²) in [6.45, 7) is 2.03. The summed E-state index contributed by atoms with van der Waals surface area (Å²) in [5.41, 5.74) is -0.147. The lowest BCUT2D eigenvalue weighted by molar-refractivity contribution is 0.131. The number of aliphatic hydroxyl groups is 1. The molecule has 0 aromatic rings. The van der Waals surface area contributed by atoms with Gasteiger partial charge in [0.1, 0.15) is 9.84 Å². The smallest absolute Gasteiger partial charge is 0.150 e. The third-order valence-corrected chi connectivity index (χ3v) is 4.07. The van der Waals surface area contributed by atoms with Gasteiger partial charge in [0.05, 0.1) is 11.5 Å². The summed E-state index contributed by atoms with van der Waals surface area (Å²) in [4.78, 5) is 0. The highest BCUT2D eigenvalue weighted by Crippen LogP contribution is 2.30. The second-order valence-corrected chi connectivity index (χ2v) is 5.92. The highest BCUT2D eigenvalue weighted by atomic mass is 32.2. The Morgan fingerprint density at radius 1 is 1.36 bits per heavy atom. The van der Waals surface area contributed by atoms with Crippen molar-refractivity contribution in [3.8, 4) is 0 Å². The summed E-state index contributed by atoms with van der Waals surface area (Å²) >= 11 is 0. The van der Waals surface area contributed by atoms with Gasteiger partial charge < -0.3 is 5.11 Å². The lowest BCUT2D eigenvalue weighted by Gasteiger charge is -2.30. The molecular formula is C7H14O3S. The van der Waals surface area contributed by atoms with Gasteiger partial charge in [-0.15, -0.1) is 0 Å². The van der Waals surface area contributed by atoms with Gasteiger partial charge in [0.25, 0.3) is 0 Å². The molecule has 0 aromatic heterocycles. The van der Waals surface area contributed by atoms with Gasteiger partial charge in [0.15, 0.2) is 0 Å². The van der Waals surface area contributed by atoms with Crippen LogP contribution < -0.4 is 0 Å². The van der Waals surface area contributed by atoms with E-state index >= 15 is 0 Å². The van der Waals surface area contributed by atoms with Crippen molar-refractivity contribution in [3.63, 3.8) is 0 Å². The van der Waals surface area contributed by atoms with E-state index in [1.54, 1.807) is 0 Å². The number of hydrogen-bond acceptors (Lipinski definition) is 3. The van der Waals surface area contributed by atoms with E-state index < -0.39 is 9.84 Å². The molecule has 0 amide bonds. The van der Waals surface area contributed by atoms with Crippen LogP contribution in [0.1, 0.15) is 19.8 Å². The molecule has 3 nitrogen and oxygen atoms in total. The molecule has 0 aliphatic carbocycles. The van der Waals surface area contributed by atoms with Crippen LogP contribution in [0.25, 0.3) is 0 Å². The molecule has 11 heavy (non-hydrogen) atoms. The lowest BCUT2D eigenvalue weighted by Crippen LogP contribution is -2.33. The summed E-state index contributed by atoms with van der Waals surface area (Å²) in [6, 6.07) is 0. The molecule has 1 aliphatic heterocycles. The molecule has 0 bridgehead atoms. The SMILES string of the molecule is CC1(CO)CCS(=O)(=O)CC1. The molecule has 4 heteroatoms. The average molecular weight is 178 g/mol. The molecule has 1 heterocycles. The molecule has 1 fully saturated rings. The zero-order valence-corrected chi connectivity index (χ0v) is 7.52. The molecule has 0 atom stereocenters. The maximum absolute atomic E-state index is 11.0. The normalized spacial score (nSPS) is 28.2. The van der Waals surface area contributed by atoms with Gasteiger partial charge in [-0.3, -0.25) is 0 Å². The van der Waals surface area contributed by atoms with E-state index in [1.165, 1.54) is 0 Å². The van der Waals surface area contributed by atoms with Crippen LogP contribution in [0.4, 0.5) is 0 Å². The van der Waals surface area contributed by atoms with E-state index in [4.69, 9.17) is 5.11 Å². The van der Waals surface area contributed by atoms with Crippen molar-refractivity contribution < 1.29 is 13.5 Å². The number of hydrogen-bond donors (Lipinski definition) is 1. The van der Waals surface area contributed by atoms with Crippen LogP contribution in [0.15, 0.2) is 0 Å². The molecule has 0 radical (unpaired) electrons. The van der Waals surface area contributed by atoms with Crippen LogP contribution in [0, 0.1) is 5.41 Å². The molecule has 1 saturated heterocycles. The van der Waals surface area contributed by atoms with E-state index in [2.05, 4.69) is 0 Å². The number of aliphatic hydroxyl groups excluding tert-OH is 1. The zero-order valence-electron chi connectivity index (χ0n) is 6.71. The van der Waals surface area contributed by atoms with E-state index in [-0.39, 0.29) is 23.5 Å². The predicted octanol–water partition coefficient (Wildman–Crippen LogP) is 0.194. The monoisotopic (exact) mass is 178 g/mol. The quantitative estimate of drug-likeness (QED) is 0.623. The Bertz CT molecular complexity index is 216. The molecule has 1 aliphatic rings. The van der Waals surface area contributed by atoms with Crippen LogP contribution in [0.3, 0.4) is 0 Å². The molecule has 0 unspecified atom stereocenters. The standard InChI is InChI=1S/C7H14O3S/c1-7(6-8)2-4-11(9,10)5-3-7/h8H,2-6H2,1H3. The van der Waals surface area contributed by atoms with Gasteiger partial charge in [-0.25, -0.2) is 8.42 Å². The summed E-state index contributed by atoms with van der Waals surface area (Å²) in [6.07, 6.45) is 1.21. The van der Waals surface area contributed by atoms with Crippen molar-refractivity contribution in [3.05, 3.63) is 0 Å². The van der Waals surface area contributed by atoms with E-state index in [0.29, 0.717) is 12.8 Å². The Morgan fingerprint density at radius 3 is 2.18 bits per heavy atom. The first-order valence-corrected chi connectivity index (χ1v) is 5.61.